The Hall–Kier alpha value is 0.0100. The average molecular weight is 281 g/mol. The molecule has 0 aromatic rings. The van der Waals surface area contributed by atoms with Gasteiger partial charge in [-0.15, -0.1) is 0 Å². The lowest BCUT2D eigenvalue weighted by molar-refractivity contribution is -0.0930. The predicted molar refractivity (Wildman–Crippen MR) is 82.8 cm³/mol. The van der Waals surface area contributed by atoms with Crippen LogP contribution in [0.3, 0.4) is 0 Å². The molecule has 0 bridgehead atoms. The number of hydrogen-bond donors (Lipinski definition) is 1. The molecule has 0 radical (unpaired) electrons. The van der Waals surface area contributed by atoms with Crippen molar-refractivity contribution in [3.8, 4) is 0 Å². The molecule has 0 aromatic carbocycles. The summed E-state index contributed by atoms with van der Waals surface area (Å²) in [5.41, 5.74) is 1.91. The van der Waals surface area contributed by atoms with Gasteiger partial charge in [0.1, 0.15) is 0 Å². The Morgan fingerprint density at radius 1 is 1.37 bits per heavy atom. The number of rotatable bonds is 4. The molecule has 19 heavy (non-hydrogen) atoms. The molecule has 2 saturated heterocycles. The van der Waals surface area contributed by atoms with Crippen molar-refractivity contribution in [2.75, 3.05) is 24.7 Å². The van der Waals surface area contributed by atoms with Crippen LogP contribution in [-0.2, 0) is 4.74 Å². The Balaban J connectivity index is 1.43. The lowest BCUT2D eigenvalue weighted by atomic mass is 9.85. The maximum atomic E-state index is 6.15. The molecule has 1 spiro atoms. The SMILES string of the molecule is C1=C(CCNC2CCOC3(CCSCC3)C2)CCC1. The molecule has 108 valence electrons. The Kier molecular flexibility index (Phi) is 4.88. The summed E-state index contributed by atoms with van der Waals surface area (Å²) in [5.74, 6) is 2.58. The van der Waals surface area contributed by atoms with Gasteiger partial charge in [-0.2, -0.15) is 11.8 Å². The largest absolute Gasteiger partial charge is 0.375 e. The van der Waals surface area contributed by atoms with Crippen molar-refractivity contribution in [1.29, 1.82) is 0 Å². The summed E-state index contributed by atoms with van der Waals surface area (Å²) < 4.78 is 6.15. The van der Waals surface area contributed by atoms with Gasteiger partial charge in [-0.25, -0.2) is 0 Å². The second kappa shape index (κ2) is 6.64. The summed E-state index contributed by atoms with van der Waals surface area (Å²) >= 11 is 2.09. The molecular formula is C16H27NOS. The molecule has 2 aliphatic heterocycles. The zero-order valence-corrected chi connectivity index (χ0v) is 12.8. The second-order valence-electron chi connectivity index (χ2n) is 6.29. The van der Waals surface area contributed by atoms with Crippen molar-refractivity contribution in [1.82, 2.24) is 5.32 Å². The first-order valence-corrected chi connectivity index (χ1v) is 9.15. The summed E-state index contributed by atoms with van der Waals surface area (Å²) in [7, 11) is 0. The molecular weight excluding hydrogens is 254 g/mol. The van der Waals surface area contributed by atoms with Gasteiger partial charge in [-0.1, -0.05) is 11.6 Å². The standard InChI is InChI=1S/C16H27NOS/c1-2-4-14(3-1)5-9-17-15-6-10-18-16(13-15)7-11-19-12-8-16/h3,15,17H,1-2,4-13H2. The van der Waals surface area contributed by atoms with E-state index < -0.39 is 0 Å². The van der Waals surface area contributed by atoms with Crippen LogP contribution in [0.25, 0.3) is 0 Å². The minimum Gasteiger partial charge on any atom is -0.375 e. The van der Waals surface area contributed by atoms with Crippen LogP contribution in [0.15, 0.2) is 11.6 Å². The predicted octanol–water partition coefficient (Wildman–Crippen LogP) is 3.52. The fraction of sp³-hybridized carbons (Fsp3) is 0.875. The van der Waals surface area contributed by atoms with Gasteiger partial charge in [0.25, 0.3) is 0 Å². The Morgan fingerprint density at radius 2 is 2.26 bits per heavy atom. The normalized spacial score (nSPS) is 30.5. The molecule has 1 aliphatic carbocycles. The van der Waals surface area contributed by atoms with E-state index in [1.807, 2.05) is 0 Å². The fourth-order valence-electron chi connectivity index (χ4n) is 3.70. The number of ether oxygens (including phenoxy) is 1. The van der Waals surface area contributed by atoms with Crippen molar-refractivity contribution in [2.24, 2.45) is 0 Å². The van der Waals surface area contributed by atoms with Crippen molar-refractivity contribution in [2.45, 2.75) is 63.0 Å². The van der Waals surface area contributed by atoms with Crippen LogP contribution in [-0.4, -0.2) is 36.3 Å². The summed E-state index contributed by atoms with van der Waals surface area (Å²) in [6.07, 6.45) is 12.7. The molecule has 1 atom stereocenters. The van der Waals surface area contributed by atoms with E-state index in [0.29, 0.717) is 6.04 Å². The number of allylic oxidation sites excluding steroid dienone is 1. The topological polar surface area (TPSA) is 21.3 Å². The minimum atomic E-state index is 0.230. The van der Waals surface area contributed by atoms with Gasteiger partial charge < -0.3 is 10.1 Å². The van der Waals surface area contributed by atoms with Gasteiger partial charge >= 0.3 is 0 Å². The number of hydrogen-bond acceptors (Lipinski definition) is 3. The number of thioether (sulfide) groups is 1. The van der Waals surface area contributed by atoms with Crippen LogP contribution < -0.4 is 5.32 Å². The second-order valence-corrected chi connectivity index (χ2v) is 7.52. The van der Waals surface area contributed by atoms with Gasteiger partial charge in [-0.3, -0.25) is 0 Å². The molecule has 0 amide bonds. The monoisotopic (exact) mass is 281 g/mol. The van der Waals surface area contributed by atoms with E-state index in [4.69, 9.17) is 4.74 Å². The molecule has 1 N–H and O–H groups in total. The zero-order valence-electron chi connectivity index (χ0n) is 12.0. The fourth-order valence-corrected chi connectivity index (χ4v) is 4.93. The third kappa shape index (κ3) is 3.77. The van der Waals surface area contributed by atoms with E-state index in [-0.39, 0.29) is 5.60 Å². The first-order valence-electron chi connectivity index (χ1n) is 7.99. The van der Waals surface area contributed by atoms with E-state index in [9.17, 15) is 0 Å². The van der Waals surface area contributed by atoms with Gasteiger partial charge in [0.15, 0.2) is 0 Å². The first-order chi connectivity index (χ1) is 9.36. The smallest absolute Gasteiger partial charge is 0.0713 e. The Morgan fingerprint density at radius 3 is 3.05 bits per heavy atom. The van der Waals surface area contributed by atoms with E-state index >= 15 is 0 Å². The highest BCUT2D eigenvalue weighted by Crippen LogP contribution is 2.37. The highest BCUT2D eigenvalue weighted by atomic mass is 32.2. The molecule has 1 unspecified atom stereocenters. The first kappa shape index (κ1) is 14.0. The van der Waals surface area contributed by atoms with E-state index in [1.165, 1.54) is 69.4 Å². The van der Waals surface area contributed by atoms with Crippen LogP contribution in [0.1, 0.15) is 51.4 Å². The van der Waals surface area contributed by atoms with Crippen LogP contribution in [0.5, 0.6) is 0 Å². The maximum Gasteiger partial charge on any atom is 0.0713 e. The summed E-state index contributed by atoms with van der Waals surface area (Å²) in [6, 6.07) is 0.693. The lowest BCUT2D eigenvalue weighted by Gasteiger charge is -2.43. The van der Waals surface area contributed by atoms with Gasteiger partial charge in [0, 0.05) is 12.6 Å². The highest BCUT2D eigenvalue weighted by Gasteiger charge is 2.38. The van der Waals surface area contributed by atoms with Gasteiger partial charge in [-0.05, 0) is 69.4 Å². The number of nitrogens with one attached hydrogen (secondary N) is 1. The third-order valence-electron chi connectivity index (χ3n) is 4.91. The van der Waals surface area contributed by atoms with Gasteiger partial charge in [0.2, 0.25) is 0 Å². The molecule has 2 fully saturated rings. The van der Waals surface area contributed by atoms with Crippen molar-refractivity contribution >= 4 is 11.8 Å². The van der Waals surface area contributed by atoms with E-state index in [0.717, 1.165) is 6.61 Å². The molecule has 0 saturated carbocycles. The van der Waals surface area contributed by atoms with Crippen LogP contribution in [0.2, 0.25) is 0 Å². The quantitative estimate of drug-likeness (QED) is 0.797. The minimum absolute atomic E-state index is 0.230. The van der Waals surface area contributed by atoms with Crippen LogP contribution in [0.4, 0.5) is 0 Å². The van der Waals surface area contributed by atoms with Crippen LogP contribution in [0, 0.1) is 0 Å². The molecule has 3 rings (SSSR count). The maximum absolute atomic E-state index is 6.15. The van der Waals surface area contributed by atoms with Crippen molar-refractivity contribution in [3.63, 3.8) is 0 Å². The zero-order chi connectivity index (χ0) is 13.0. The van der Waals surface area contributed by atoms with Crippen molar-refractivity contribution < 1.29 is 4.74 Å². The summed E-state index contributed by atoms with van der Waals surface area (Å²) in [4.78, 5) is 0. The van der Waals surface area contributed by atoms with E-state index in [2.05, 4.69) is 23.2 Å². The van der Waals surface area contributed by atoms with Crippen molar-refractivity contribution in [3.05, 3.63) is 11.6 Å². The Labute approximate surface area is 121 Å². The van der Waals surface area contributed by atoms with E-state index in [1.54, 1.807) is 5.57 Å². The average Bonchev–Trinajstić information content (AvgIpc) is 2.93. The summed E-state index contributed by atoms with van der Waals surface area (Å²) in [5, 5.41) is 3.79. The lowest BCUT2D eigenvalue weighted by Crippen LogP contribution is -2.49. The Bertz CT molecular complexity index is 317. The van der Waals surface area contributed by atoms with Gasteiger partial charge in [0.05, 0.1) is 5.60 Å². The molecule has 3 aliphatic rings. The molecule has 2 heterocycles. The third-order valence-corrected chi connectivity index (χ3v) is 5.90. The molecule has 3 heteroatoms. The molecule has 2 nitrogen and oxygen atoms in total. The van der Waals surface area contributed by atoms with Crippen LogP contribution >= 0.6 is 11.8 Å². The molecule has 0 aromatic heterocycles. The summed E-state index contributed by atoms with van der Waals surface area (Å²) in [6.45, 7) is 2.13. The highest BCUT2D eigenvalue weighted by molar-refractivity contribution is 7.99.